The molecule has 14 heteroatoms. The second-order valence-corrected chi connectivity index (χ2v) is 15.5. The molecule has 56 heavy (non-hydrogen) atoms. The Balaban J connectivity index is 1.27. The average molecular weight is 767 g/mol. The molecule has 4 amide bonds. The number of rotatable bonds is 9. The number of carbonyl (C=O) groups is 4. The Morgan fingerprint density at radius 3 is 1.71 bits per heavy atom. The highest BCUT2D eigenvalue weighted by Crippen LogP contribution is 2.36. The first kappa shape index (κ1) is 41.4. The van der Waals surface area contributed by atoms with Gasteiger partial charge < -0.3 is 39.9 Å². The predicted molar refractivity (Wildman–Crippen MR) is 210 cm³/mol. The molecular formula is C42H54N8O6. The van der Waals surface area contributed by atoms with Crippen molar-refractivity contribution in [2.45, 2.75) is 91.9 Å². The van der Waals surface area contributed by atoms with Crippen LogP contribution in [0.4, 0.5) is 9.59 Å². The Hall–Kier alpha value is -5.76. The molecule has 2 aliphatic heterocycles. The summed E-state index contributed by atoms with van der Waals surface area (Å²) in [6.45, 7) is 14.9. The number of amides is 4. The maximum absolute atomic E-state index is 13.7. The van der Waals surface area contributed by atoms with Gasteiger partial charge in [-0.2, -0.15) is 0 Å². The van der Waals surface area contributed by atoms with Gasteiger partial charge in [-0.3, -0.25) is 9.59 Å². The van der Waals surface area contributed by atoms with Crippen LogP contribution in [0.1, 0.15) is 113 Å². The maximum Gasteiger partial charge on any atom is 0.407 e. The number of H-pyrrole nitrogens is 2. The van der Waals surface area contributed by atoms with Crippen LogP contribution in [0.15, 0.2) is 30.5 Å². The van der Waals surface area contributed by atoms with E-state index in [1.807, 2.05) is 63.8 Å². The van der Waals surface area contributed by atoms with Crippen molar-refractivity contribution in [1.29, 1.82) is 0 Å². The van der Waals surface area contributed by atoms with Crippen molar-refractivity contribution in [3.8, 4) is 23.7 Å². The van der Waals surface area contributed by atoms with E-state index in [1.165, 1.54) is 14.2 Å². The van der Waals surface area contributed by atoms with Gasteiger partial charge in [-0.1, -0.05) is 60.3 Å². The molecule has 4 N–H and O–H groups in total. The molecule has 298 valence electrons. The topological polar surface area (TPSA) is 175 Å². The number of nitrogens with zero attached hydrogens (tertiary/aromatic N) is 4. The molecular weight excluding hydrogens is 713 g/mol. The van der Waals surface area contributed by atoms with E-state index in [0.29, 0.717) is 42.5 Å². The molecule has 2 aliphatic rings. The lowest BCUT2D eigenvalue weighted by molar-refractivity contribution is -0.136. The molecule has 0 spiro atoms. The lowest BCUT2D eigenvalue weighted by Crippen LogP contribution is -2.51. The number of ether oxygens (including phenoxy) is 2. The van der Waals surface area contributed by atoms with Crippen molar-refractivity contribution in [2.24, 2.45) is 23.7 Å². The van der Waals surface area contributed by atoms with E-state index in [-0.39, 0.29) is 47.6 Å². The van der Waals surface area contributed by atoms with E-state index in [4.69, 9.17) is 14.5 Å². The van der Waals surface area contributed by atoms with Crippen molar-refractivity contribution in [1.82, 2.24) is 40.4 Å². The number of hydrogen-bond donors (Lipinski definition) is 4. The molecule has 14 nitrogen and oxygen atoms in total. The first-order chi connectivity index (χ1) is 26.7. The number of methoxy groups -OCH3 is 2. The van der Waals surface area contributed by atoms with E-state index in [9.17, 15) is 19.2 Å². The third kappa shape index (κ3) is 9.72. The van der Waals surface area contributed by atoms with Gasteiger partial charge >= 0.3 is 12.2 Å². The Labute approximate surface area is 329 Å². The van der Waals surface area contributed by atoms with Crippen LogP contribution < -0.4 is 10.6 Å². The van der Waals surface area contributed by atoms with Crippen LogP contribution in [-0.4, -0.2) is 93.1 Å². The largest absolute Gasteiger partial charge is 0.453 e. The minimum absolute atomic E-state index is 0.126. The number of likely N-dealkylation sites (tertiary alicyclic amines) is 2. The second kappa shape index (κ2) is 18.2. The average Bonchev–Trinajstić information content (AvgIpc) is 3.99. The Morgan fingerprint density at radius 1 is 0.768 bits per heavy atom. The summed E-state index contributed by atoms with van der Waals surface area (Å²) in [6.07, 6.45) is 2.55. The van der Waals surface area contributed by atoms with Crippen molar-refractivity contribution in [3.63, 3.8) is 0 Å². The lowest BCUT2D eigenvalue weighted by Gasteiger charge is -2.30. The fourth-order valence-electron chi connectivity index (χ4n) is 7.28. The standard InChI is InChI=1S/C42H54N8O6/c1-10-31-32(46-38(45-31)34-20-27(7)23-50(34)40(52)36(25(4)5)48-42(54)56-9)18-16-29-13-11-28(12-14-29)15-17-30-21-43-37(44-30)33-19-26(6)22-49(33)39(51)35(24(2)3)47-41(53)55-8/h11-14,21,24-27,33-36H,10,19-20,22-23H2,1-9H3,(H,43,44)(H,45,46)(H,47,53)(H,48,54). The highest BCUT2D eigenvalue weighted by molar-refractivity contribution is 5.87. The van der Waals surface area contributed by atoms with Gasteiger partial charge in [0, 0.05) is 24.2 Å². The van der Waals surface area contributed by atoms with Crippen molar-refractivity contribution in [2.75, 3.05) is 27.3 Å². The number of aromatic nitrogens is 4. The van der Waals surface area contributed by atoms with Gasteiger partial charge in [0.25, 0.3) is 0 Å². The Bertz CT molecular complexity index is 2010. The summed E-state index contributed by atoms with van der Waals surface area (Å²) in [6, 6.07) is 5.68. The number of hydrogen-bond acceptors (Lipinski definition) is 8. The summed E-state index contributed by atoms with van der Waals surface area (Å²) in [5.74, 6) is 14.1. The number of aromatic amines is 2. The van der Waals surface area contributed by atoms with Crippen molar-refractivity contribution >= 4 is 24.0 Å². The zero-order valence-electron chi connectivity index (χ0n) is 33.8. The molecule has 3 aromatic rings. The molecule has 2 fully saturated rings. The minimum atomic E-state index is -0.717. The first-order valence-electron chi connectivity index (χ1n) is 19.3. The van der Waals surface area contributed by atoms with Crippen molar-refractivity contribution in [3.05, 3.63) is 70.3 Å². The molecule has 0 saturated carbocycles. The molecule has 0 bridgehead atoms. The molecule has 2 aromatic heterocycles. The summed E-state index contributed by atoms with van der Waals surface area (Å²) >= 11 is 0. The van der Waals surface area contributed by atoms with Gasteiger partial charge in [0.2, 0.25) is 11.8 Å². The second-order valence-electron chi connectivity index (χ2n) is 15.5. The van der Waals surface area contributed by atoms with Crippen LogP contribution in [0, 0.1) is 47.4 Å². The quantitative estimate of drug-likeness (QED) is 0.218. The molecule has 5 rings (SSSR count). The molecule has 6 atom stereocenters. The number of aryl methyl sites for hydroxylation is 1. The van der Waals surface area contributed by atoms with E-state index in [2.05, 4.69) is 63.1 Å². The Kier molecular flexibility index (Phi) is 13.5. The number of imidazole rings is 2. The van der Waals surface area contributed by atoms with E-state index >= 15 is 0 Å². The van der Waals surface area contributed by atoms with Gasteiger partial charge in [-0.15, -0.1) is 0 Å². The van der Waals surface area contributed by atoms with Crippen LogP contribution in [-0.2, 0) is 25.5 Å². The zero-order valence-corrected chi connectivity index (χ0v) is 33.8. The summed E-state index contributed by atoms with van der Waals surface area (Å²) in [4.78, 5) is 71.0. The third-order valence-corrected chi connectivity index (χ3v) is 10.3. The highest BCUT2D eigenvalue weighted by atomic mass is 16.5. The van der Waals surface area contributed by atoms with Gasteiger partial charge in [0.1, 0.15) is 35.1 Å². The van der Waals surface area contributed by atoms with Gasteiger partial charge in [-0.05, 0) is 79.0 Å². The number of benzene rings is 1. The maximum atomic E-state index is 13.7. The predicted octanol–water partition coefficient (Wildman–Crippen LogP) is 5.08. The molecule has 2 saturated heterocycles. The molecule has 6 unspecified atom stereocenters. The minimum Gasteiger partial charge on any atom is -0.453 e. The van der Waals surface area contributed by atoms with Crippen molar-refractivity contribution < 1.29 is 28.7 Å². The molecule has 1 aromatic carbocycles. The normalized spacial score (nSPS) is 20.1. The van der Waals surface area contributed by atoms with Crippen LogP contribution in [0.5, 0.6) is 0 Å². The smallest absolute Gasteiger partial charge is 0.407 e. The van der Waals surface area contributed by atoms with E-state index in [0.717, 1.165) is 29.7 Å². The summed E-state index contributed by atoms with van der Waals surface area (Å²) in [7, 11) is 2.56. The van der Waals surface area contributed by atoms with Gasteiger partial charge in [-0.25, -0.2) is 19.6 Å². The Morgan fingerprint density at radius 2 is 1.25 bits per heavy atom. The number of carbonyl (C=O) groups excluding carboxylic acids is 4. The fourth-order valence-corrected chi connectivity index (χ4v) is 7.28. The van der Waals surface area contributed by atoms with Crippen LogP contribution in [0.3, 0.4) is 0 Å². The SMILES string of the molecule is CCc1nc(C2CC(C)CN2C(=O)C(NC(=O)OC)C(C)C)[nH]c1C#Cc1ccc(C#Cc2cnc(C3CC(C)CN3C(=O)C(NC(=O)OC)C(C)C)[nH]2)cc1. The van der Waals surface area contributed by atoms with E-state index in [1.54, 1.807) is 11.1 Å². The summed E-state index contributed by atoms with van der Waals surface area (Å²) < 4.78 is 9.53. The van der Waals surface area contributed by atoms with Crippen LogP contribution in [0.25, 0.3) is 0 Å². The highest BCUT2D eigenvalue weighted by Gasteiger charge is 2.41. The monoisotopic (exact) mass is 766 g/mol. The summed E-state index contributed by atoms with van der Waals surface area (Å²) in [5, 5.41) is 5.39. The zero-order chi connectivity index (χ0) is 40.7. The van der Waals surface area contributed by atoms with E-state index < -0.39 is 24.3 Å². The number of alkyl carbamates (subject to hydrolysis) is 2. The first-order valence-corrected chi connectivity index (χ1v) is 19.3. The molecule has 0 radical (unpaired) electrons. The molecule has 4 heterocycles. The van der Waals surface area contributed by atoms with Crippen LogP contribution >= 0.6 is 0 Å². The fraction of sp³-hybridized carbons (Fsp3) is 0.524. The van der Waals surface area contributed by atoms with Gasteiger partial charge in [0.15, 0.2) is 0 Å². The van der Waals surface area contributed by atoms with Gasteiger partial charge in [0.05, 0.1) is 38.2 Å². The third-order valence-electron chi connectivity index (χ3n) is 10.3. The summed E-state index contributed by atoms with van der Waals surface area (Å²) in [5.41, 5.74) is 3.76. The number of nitrogens with one attached hydrogen (secondary N) is 4. The molecule has 0 aliphatic carbocycles. The van der Waals surface area contributed by atoms with Crippen LogP contribution in [0.2, 0.25) is 0 Å². The lowest BCUT2D eigenvalue weighted by atomic mass is 10.0.